The number of hydrogen-bond donors (Lipinski definition) is 2. The highest BCUT2D eigenvalue weighted by Crippen LogP contribution is 2.47. The maximum atomic E-state index is 6.02. The number of nitrogens with one attached hydrogen (secondary N) is 1. The van der Waals surface area contributed by atoms with E-state index in [0.29, 0.717) is 12.5 Å². The summed E-state index contributed by atoms with van der Waals surface area (Å²) in [6, 6.07) is 8.50. The van der Waals surface area contributed by atoms with E-state index in [9.17, 15) is 0 Å². The van der Waals surface area contributed by atoms with Crippen LogP contribution in [-0.4, -0.2) is 18.8 Å². The first-order valence-electron chi connectivity index (χ1n) is 8.09. The van der Waals surface area contributed by atoms with Crippen LogP contribution in [0, 0.1) is 5.92 Å². The van der Waals surface area contributed by atoms with Gasteiger partial charge in [-0.15, -0.1) is 0 Å². The van der Waals surface area contributed by atoms with Crippen LogP contribution < -0.4 is 16.0 Å². The van der Waals surface area contributed by atoms with Crippen molar-refractivity contribution in [3.8, 4) is 5.75 Å². The average molecular weight is 290 g/mol. The molecule has 2 fully saturated rings. The molecule has 4 nitrogen and oxygen atoms in total. The molecule has 1 saturated heterocycles. The van der Waals surface area contributed by atoms with Gasteiger partial charge in [0, 0.05) is 12.6 Å². The smallest absolute Gasteiger partial charge is 0.119 e. The van der Waals surface area contributed by atoms with E-state index >= 15 is 0 Å². The lowest BCUT2D eigenvalue weighted by molar-refractivity contribution is -0.147. The molecule has 3 rings (SSSR count). The molecule has 1 spiro atoms. The topological polar surface area (TPSA) is 56.5 Å². The van der Waals surface area contributed by atoms with Crippen LogP contribution >= 0.6 is 0 Å². The molecule has 1 aromatic rings. The Morgan fingerprint density at radius 3 is 2.71 bits per heavy atom. The zero-order valence-electron chi connectivity index (χ0n) is 12.8. The van der Waals surface area contributed by atoms with Crippen molar-refractivity contribution in [2.24, 2.45) is 11.8 Å². The molecule has 1 aromatic carbocycles. The van der Waals surface area contributed by atoms with Crippen molar-refractivity contribution in [1.29, 1.82) is 0 Å². The Morgan fingerprint density at radius 2 is 2.14 bits per heavy atom. The van der Waals surface area contributed by atoms with E-state index in [2.05, 4.69) is 17.6 Å². The Kier molecular flexibility index (Phi) is 4.48. The molecule has 4 heteroatoms. The number of hydrazine groups is 1. The molecule has 2 aliphatic rings. The Labute approximate surface area is 127 Å². The first-order chi connectivity index (χ1) is 10.3. The van der Waals surface area contributed by atoms with E-state index in [0.717, 1.165) is 25.2 Å². The van der Waals surface area contributed by atoms with Gasteiger partial charge in [0.25, 0.3) is 0 Å². The van der Waals surface area contributed by atoms with Gasteiger partial charge in [-0.05, 0) is 62.6 Å². The normalized spacial score (nSPS) is 25.3. The molecule has 1 aliphatic carbocycles. The molecule has 0 bridgehead atoms. The van der Waals surface area contributed by atoms with Crippen molar-refractivity contribution in [3.63, 3.8) is 0 Å². The van der Waals surface area contributed by atoms with Crippen LogP contribution in [0.25, 0.3) is 0 Å². The fraction of sp³-hybridized carbons (Fsp3) is 0.647. The largest absolute Gasteiger partial charge is 0.494 e. The van der Waals surface area contributed by atoms with Gasteiger partial charge in [-0.1, -0.05) is 12.1 Å². The number of rotatable bonds is 5. The molecule has 1 heterocycles. The van der Waals surface area contributed by atoms with Gasteiger partial charge in [0.15, 0.2) is 0 Å². The lowest BCUT2D eigenvalue weighted by Crippen LogP contribution is -2.48. The van der Waals surface area contributed by atoms with Crippen LogP contribution in [0.2, 0.25) is 0 Å². The summed E-state index contributed by atoms with van der Waals surface area (Å²) in [4.78, 5) is 0. The lowest BCUT2D eigenvalue weighted by Gasteiger charge is -2.48. The van der Waals surface area contributed by atoms with Gasteiger partial charge in [-0.3, -0.25) is 11.3 Å². The Bertz CT molecular complexity index is 456. The van der Waals surface area contributed by atoms with E-state index in [-0.39, 0.29) is 11.6 Å². The van der Waals surface area contributed by atoms with Crippen LogP contribution in [0.4, 0.5) is 0 Å². The standard InChI is InChI=1S/C17H26N2O2/c1-2-20-15-6-4-13(5-7-15)16(19-18)14-8-11-21-17(12-14)9-3-10-17/h4-7,14,16,19H,2-3,8-12,18H2,1H3. The fourth-order valence-corrected chi connectivity index (χ4v) is 3.71. The second-order valence-corrected chi connectivity index (χ2v) is 6.28. The summed E-state index contributed by atoms with van der Waals surface area (Å²) in [5.74, 6) is 7.32. The second-order valence-electron chi connectivity index (χ2n) is 6.28. The number of benzene rings is 1. The second kappa shape index (κ2) is 6.34. The summed E-state index contributed by atoms with van der Waals surface area (Å²) in [5, 5.41) is 0. The predicted octanol–water partition coefficient (Wildman–Crippen LogP) is 2.94. The molecule has 116 valence electrons. The molecule has 3 N–H and O–H groups in total. The molecule has 0 aromatic heterocycles. The van der Waals surface area contributed by atoms with Crippen LogP contribution in [0.1, 0.15) is 50.6 Å². The van der Waals surface area contributed by atoms with E-state index in [1.165, 1.54) is 24.8 Å². The Morgan fingerprint density at radius 1 is 1.38 bits per heavy atom. The summed E-state index contributed by atoms with van der Waals surface area (Å²) >= 11 is 0. The molecular formula is C17H26N2O2. The zero-order valence-corrected chi connectivity index (χ0v) is 12.8. The van der Waals surface area contributed by atoms with Crippen LogP contribution in [0.3, 0.4) is 0 Å². The van der Waals surface area contributed by atoms with E-state index < -0.39 is 0 Å². The third-order valence-corrected chi connectivity index (χ3v) is 5.00. The summed E-state index contributed by atoms with van der Waals surface area (Å²) in [6.45, 7) is 3.55. The average Bonchev–Trinajstić information content (AvgIpc) is 2.49. The molecule has 1 saturated carbocycles. The van der Waals surface area contributed by atoms with Crippen molar-refractivity contribution in [3.05, 3.63) is 29.8 Å². The van der Waals surface area contributed by atoms with Gasteiger partial charge in [-0.25, -0.2) is 0 Å². The van der Waals surface area contributed by atoms with Gasteiger partial charge >= 0.3 is 0 Å². The van der Waals surface area contributed by atoms with Crippen LogP contribution in [0.5, 0.6) is 5.75 Å². The number of hydrogen-bond acceptors (Lipinski definition) is 4. The first kappa shape index (κ1) is 14.8. The summed E-state index contributed by atoms with van der Waals surface area (Å²) in [6.07, 6.45) is 5.92. The van der Waals surface area contributed by atoms with Crippen LogP contribution in [-0.2, 0) is 4.74 Å². The van der Waals surface area contributed by atoms with E-state index in [1.54, 1.807) is 0 Å². The summed E-state index contributed by atoms with van der Waals surface area (Å²) in [7, 11) is 0. The molecular weight excluding hydrogens is 264 g/mol. The van der Waals surface area contributed by atoms with Crippen molar-refractivity contribution in [1.82, 2.24) is 5.43 Å². The third-order valence-electron chi connectivity index (χ3n) is 5.00. The minimum Gasteiger partial charge on any atom is -0.494 e. The maximum Gasteiger partial charge on any atom is 0.119 e. The lowest BCUT2D eigenvalue weighted by atomic mass is 9.70. The monoisotopic (exact) mass is 290 g/mol. The highest BCUT2D eigenvalue weighted by atomic mass is 16.5. The fourth-order valence-electron chi connectivity index (χ4n) is 3.71. The molecule has 0 radical (unpaired) electrons. The number of nitrogens with two attached hydrogens (primary N) is 1. The Hall–Kier alpha value is -1.10. The van der Waals surface area contributed by atoms with Crippen molar-refractivity contribution in [2.45, 2.75) is 50.7 Å². The predicted molar refractivity (Wildman–Crippen MR) is 82.9 cm³/mol. The Balaban J connectivity index is 1.71. The highest BCUT2D eigenvalue weighted by molar-refractivity contribution is 5.29. The third kappa shape index (κ3) is 3.07. The van der Waals surface area contributed by atoms with Gasteiger partial charge in [0.1, 0.15) is 5.75 Å². The molecule has 2 unspecified atom stereocenters. The van der Waals surface area contributed by atoms with E-state index in [1.807, 2.05) is 19.1 Å². The van der Waals surface area contributed by atoms with Gasteiger partial charge < -0.3 is 9.47 Å². The minimum atomic E-state index is 0.156. The molecule has 0 amide bonds. The first-order valence-corrected chi connectivity index (χ1v) is 8.09. The molecule has 1 aliphatic heterocycles. The van der Waals surface area contributed by atoms with Crippen molar-refractivity contribution < 1.29 is 9.47 Å². The summed E-state index contributed by atoms with van der Waals surface area (Å²) < 4.78 is 11.5. The number of ether oxygens (including phenoxy) is 2. The van der Waals surface area contributed by atoms with E-state index in [4.69, 9.17) is 15.3 Å². The van der Waals surface area contributed by atoms with Gasteiger partial charge in [0.05, 0.1) is 12.2 Å². The SMILES string of the molecule is CCOc1ccc(C(NN)C2CCOC3(CCC3)C2)cc1. The summed E-state index contributed by atoms with van der Waals surface area (Å²) in [5.41, 5.74) is 4.42. The zero-order chi connectivity index (χ0) is 14.7. The van der Waals surface area contributed by atoms with Crippen LogP contribution in [0.15, 0.2) is 24.3 Å². The maximum absolute atomic E-state index is 6.02. The molecule has 21 heavy (non-hydrogen) atoms. The quantitative estimate of drug-likeness (QED) is 0.646. The highest BCUT2D eigenvalue weighted by Gasteiger charge is 2.44. The van der Waals surface area contributed by atoms with Gasteiger partial charge in [-0.2, -0.15) is 0 Å². The minimum absolute atomic E-state index is 0.156. The molecule has 2 atom stereocenters. The van der Waals surface area contributed by atoms with Crippen molar-refractivity contribution in [2.75, 3.05) is 13.2 Å². The van der Waals surface area contributed by atoms with Crippen molar-refractivity contribution >= 4 is 0 Å². The van der Waals surface area contributed by atoms with Gasteiger partial charge in [0.2, 0.25) is 0 Å².